The van der Waals surface area contributed by atoms with Crippen molar-refractivity contribution in [1.29, 1.82) is 0 Å². The van der Waals surface area contributed by atoms with E-state index in [-0.39, 0.29) is 5.75 Å². The zero-order chi connectivity index (χ0) is 17.1. The molecule has 0 spiro atoms. The van der Waals surface area contributed by atoms with Gasteiger partial charge in [0.1, 0.15) is 22.7 Å². The van der Waals surface area contributed by atoms with Gasteiger partial charge in [0.25, 0.3) is 0 Å². The highest BCUT2D eigenvalue weighted by molar-refractivity contribution is 6.42. The molecule has 0 amide bonds. The van der Waals surface area contributed by atoms with Crippen LogP contribution in [0.2, 0.25) is 5.02 Å². The molecule has 4 aromatic carbocycles. The summed E-state index contributed by atoms with van der Waals surface area (Å²) in [6.07, 6.45) is 0. The van der Waals surface area contributed by atoms with Crippen molar-refractivity contribution in [2.75, 3.05) is 7.11 Å². The van der Waals surface area contributed by atoms with Gasteiger partial charge in [0.05, 0.1) is 17.5 Å². The highest BCUT2D eigenvalue weighted by Crippen LogP contribution is 2.47. The molecule has 5 aromatic rings. The second kappa shape index (κ2) is 5.04. The van der Waals surface area contributed by atoms with Crippen LogP contribution in [-0.4, -0.2) is 12.2 Å². The Morgan fingerprint density at radius 2 is 1.44 bits per heavy atom. The van der Waals surface area contributed by atoms with Crippen molar-refractivity contribution < 1.29 is 14.3 Å². The number of ether oxygens (including phenoxy) is 1. The third kappa shape index (κ3) is 1.81. The molecule has 4 heteroatoms. The number of methoxy groups -OCH3 is 1. The number of hydrogen-bond acceptors (Lipinski definition) is 3. The van der Waals surface area contributed by atoms with Gasteiger partial charge in [0.2, 0.25) is 0 Å². The van der Waals surface area contributed by atoms with Gasteiger partial charge in [-0.3, -0.25) is 0 Å². The largest absolute Gasteiger partial charge is 0.507 e. The molecule has 0 saturated carbocycles. The first kappa shape index (κ1) is 14.4. The first-order valence-electron chi connectivity index (χ1n) is 7.92. The van der Waals surface area contributed by atoms with Gasteiger partial charge in [0.15, 0.2) is 0 Å². The lowest BCUT2D eigenvalue weighted by Crippen LogP contribution is -1.87. The molecule has 0 atom stereocenters. The quantitative estimate of drug-likeness (QED) is 0.388. The zero-order valence-electron chi connectivity index (χ0n) is 13.3. The molecule has 25 heavy (non-hydrogen) atoms. The van der Waals surface area contributed by atoms with Crippen molar-refractivity contribution >= 4 is 55.1 Å². The second-order valence-electron chi connectivity index (χ2n) is 6.02. The van der Waals surface area contributed by atoms with Crippen LogP contribution < -0.4 is 4.74 Å². The summed E-state index contributed by atoms with van der Waals surface area (Å²) in [6, 6.07) is 17.2. The maximum Gasteiger partial charge on any atom is 0.146 e. The Labute approximate surface area is 148 Å². The van der Waals surface area contributed by atoms with Crippen molar-refractivity contribution in [2.24, 2.45) is 0 Å². The van der Waals surface area contributed by atoms with Crippen LogP contribution in [0.25, 0.3) is 43.5 Å². The Bertz CT molecular complexity index is 1300. The second-order valence-corrected chi connectivity index (χ2v) is 6.39. The minimum Gasteiger partial charge on any atom is -0.507 e. The molecular weight excluding hydrogens is 336 g/mol. The van der Waals surface area contributed by atoms with E-state index < -0.39 is 0 Å². The number of phenols is 1. The number of furan rings is 1. The lowest BCUT2D eigenvalue weighted by molar-refractivity contribution is 0.420. The third-order valence-electron chi connectivity index (χ3n) is 4.71. The number of fused-ring (bicyclic) bond motifs is 7. The molecule has 0 aliphatic rings. The Morgan fingerprint density at radius 1 is 0.840 bits per heavy atom. The van der Waals surface area contributed by atoms with Crippen LogP contribution in [0.4, 0.5) is 0 Å². The number of halogens is 1. The normalized spacial score (nSPS) is 11.8. The van der Waals surface area contributed by atoms with E-state index in [1.165, 1.54) is 0 Å². The minimum absolute atomic E-state index is 0.203. The molecule has 1 N–H and O–H groups in total. The van der Waals surface area contributed by atoms with E-state index in [9.17, 15) is 5.11 Å². The van der Waals surface area contributed by atoms with Gasteiger partial charge in [-0.15, -0.1) is 0 Å². The Balaban J connectivity index is 2.13. The van der Waals surface area contributed by atoms with Crippen LogP contribution in [0.5, 0.6) is 11.5 Å². The molecule has 0 aliphatic carbocycles. The van der Waals surface area contributed by atoms with E-state index in [4.69, 9.17) is 20.8 Å². The van der Waals surface area contributed by atoms with E-state index in [1.54, 1.807) is 13.2 Å². The molecule has 5 rings (SSSR count). The number of phenolic OH excluding ortho intramolecular Hbond substituents is 1. The van der Waals surface area contributed by atoms with Crippen molar-refractivity contribution in [3.63, 3.8) is 0 Å². The first-order chi connectivity index (χ1) is 12.2. The molecule has 1 aromatic heterocycles. The van der Waals surface area contributed by atoms with E-state index in [0.717, 1.165) is 32.3 Å². The monoisotopic (exact) mass is 348 g/mol. The third-order valence-corrected chi connectivity index (χ3v) is 5.07. The fraction of sp³-hybridized carbons (Fsp3) is 0.0476. The van der Waals surface area contributed by atoms with Gasteiger partial charge in [0, 0.05) is 26.9 Å². The fourth-order valence-corrected chi connectivity index (χ4v) is 3.99. The molecular formula is C21H13ClO3. The predicted molar refractivity (Wildman–Crippen MR) is 102 cm³/mol. The molecule has 0 radical (unpaired) electrons. The van der Waals surface area contributed by atoms with Crippen LogP contribution in [0, 0.1) is 0 Å². The summed E-state index contributed by atoms with van der Waals surface area (Å²) in [6.45, 7) is 0. The Kier molecular flexibility index (Phi) is 2.91. The van der Waals surface area contributed by atoms with Crippen LogP contribution in [0.1, 0.15) is 0 Å². The molecule has 0 saturated heterocycles. The summed E-state index contributed by atoms with van der Waals surface area (Å²) < 4.78 is 11.8. The van der Waals surface area contributed by atoms with Crippen LogP contribution in [0.15, 0.2) is 59.0 Å². The van der Waals surface area contributed by atoms with E-state index in [1.807, 2.05) is 48.5 Å². The lowest BCUT2D eigenvalue weighted by atomic mass is 10.0. The van der Waals surface area contributed by atoms with Gasteiger partial charge < -0.3 is 14.3 Å². The van der Waals surface area contributed by atoms with Gasteiger partial charge >= 0.3 is 0 Å². The lowest BCUT2D eigenvalue weighted by Gasteiger charge is -2.09. The molecule has 3 nitrogen and oxygen atoms in total. The summed E-state index contributed by atoms with van der Waals surface area (Å²) in [5, 5.41) is 15.9. The van der Waals surface area contributed by atoms with Crippen LogP contribution in [0.3, 0.4) is 0 Å². The van der Waals surface area contributed by atoms with Crippen molar-refractivity contribution in [2.45, 2.75) is 0 Å². The van der Waals surface area contributed by atoms with Gasteiger partial charge in [-0.2, -0.15) is 0 Å². The molecule has 1 heterocycles. The highest BCUT2D eigenvalue weighted by Gasteiger charge is 2.21. The topological polar surface area (TPSA) is 42.6 Å². The first-order valence-corrected chi connectivity index (χ1v) is 8.29. The summed E-state index contributed by atoms with van der Waals surface area (Å²) in [4.78, 5) is 0. The minimum atomic E-state index is 0.203. The average molecular weight is 349 g/mol. The molecule has 0 fully saturated rings. The van der Waals surface area contributed by atoms with Crippen molar-refractivity contribution in [3.05, 3.63) is 59.6 Å². The number of aromatic hydroxyl groups is 1. The highest BCUT2D eigenvalue weighted by atomic mass is 35.5. The smallest absolute Gasteiger partial charge is 0.146 e. The molecule has 0 aliphatic heterocycles. The summed E-state index contributed by atoms with van der Waals surface area (Å²) in [7, 11) is 1.61. The molecule has 0 bridgehead atoms. The maximum atomic E-state index is 10.5. The maximum absolute atomic E-state index is 10.5. The van der Waals surface area contributed by atoms with E-state index in [2.05, 4.69) is 0 Å². The predicted octanol–water partition coefficient (Wildman–Crippen LogP) is 6.26. The van der Waals surface area contributed by atoms with Crippen molar-refractivity contribution in [3.8, 4) is 11.5 Å². The van der Waals surface area contributed by atoms with Crippen LogP contribution in [-0.2, 0) is 0 Å². The number of rotatable bonds is 1. The van der Waals surface area contributed by atoms with Crippen molar-refractivity contribution in [1.82, 2.24) is 0 Å². The fourth-order valence-electron chi connectivity index (χ4n) is 3.62. The number of hydrogen-bond donors (Lipinski definition) is 1. The number of benzene rings is 4. The van der Waals surface area contributed by atoms with Crippen LogP contribution >= 0.6 is 11.6 Å². The summed E-state index contributed by atoms with van der Waals surface area (Å²) in [5.74, 6) is 0.814. The molecule has 122 valence electrons. The van der Waals surface area contributed by atoms with Gasteiger partial charge in [-0.25, -0.2) is 0 Å². The Morgan fingerprint density at radius 3 is 2.12 bits per heavy atom. The van der Waals surface area contributed by atoms with E-state index >= 15 is 0 Å². The van der Waals surface area contributed by atoms with Gasteiger partial charge in [-0.1, -0.05) is 60.1 Å². The summed E-state index contributed by atoms with van der Waals surface area (Å²) >= 11 is 6.68. The average Bonchev–Trinajstić information content (AvgIpc) is 3.03. The standard InChI is InChI=1S/C21H13ClO3/c1-24-21-14-9-5-4-8-13(14)20-17(18(21)22)15-10-16(23)11-6-2-3-7-12(11)19(15)25-20/h2-10,23H,1H3. The molecule has 0 unspecified atom stereocenters. The Hall–Kier alpha value is -2.91. The van der Waals surface area contributed by atoms with E-state index in [0.29, 0.717) is 21.9 Å². The zero-order valence-corrected chi connectivity index (χ0v) is 14.1. The SMILES string of the molecule is COc1c(Cl)c2c3cc(O)c4ccccc4c3oc2c2ccccc12. The summed E-state index contributed by atoms with van der Waals surface area (Å²) in [5.41, 5.74) is 1.41. The van der Waals surface area contributed by atoms with Gasteiger partial charge in [-0.05, 0) is 6.07 Å².